The van der Waals surface area contributed by atoms with Crippen LogP contribution in [0.3, 0.4) is 0 Å². The second-order valence-electron chi connectivity index (χ2n) is 5.77. The van der Waals surface area contributed by atoms with Crippen LogP contribution in [0.1, 0.15) is 33.6 Å². The molecule has 0 amide bonds. The quantitative estimate of drug-likeness (QED) is 0.194. The fourth-order valence-corrected chi connectivity index (χ4v) is 1.51. The third kappa shape index (κ3) is 13.1. The third-order valence-corrected chi connectivity index (χ3v) is 2.56. The van der Waals surface area contributed by atoms with E-state index in [0.717, 1.165) is 25.9 Å². The zero-order chi connectivity index (χ0) is 15.3. The smallest absolute Gasteiger partial charge is 0.204 e. The molecule has 3 N–H and O–H groups in total. The summed E-state index contributed by atoms with van der Waals surface area (Å²) in [6.45, 7) is 10.1. The van der Waals surface area contributed by atoms with Gasteiger partial charge in [0, 0.05) is 19.6 Å². The average Bonchev–Trinajstić information content (AvgIpc) is 2.37. The largest absolute Gasteiger partial charge is 0.378 e. The minimum absolute atomic E-state index is 0.326. The summed E-state index contributed by atoms with van der Waals surface area (Å²) in [4.78, 5) is 4.35. The number of likely N-dealkylation sites (N-methyl/N-ethyl adjacent to an activating group) is 1. The maximum atomic E-state index is 8.67. The number of nitriles is 1. The number of hydrogen-bond donors (Lipinski definition) is 3. The number of guanidine groups is 1. The molecule has 0 spiro atoms. The molecule has 0 fully saturated rings. The normalized spacial score (nSPS) is 12.1. The predicted octanol–water partition coefficient (Wildman–Crippen LogP) is 1.06. The highest BCUT2D eigenvalue weighted by Crippen LogP contribution is 2.20. The molecule has 0 saturated carbocycles. The van der Waals surface area contributed by atoms with Crippen LogP contribution in [0, 0.1) is 16.9 Å². The highest BCUT2D eigenvalue weighted by Gasteiger charge is 2.08. The van der Waals surface area contributed by atoms with E-state index in [0.29, 0.717) is 31.1 Å². The van der Waals surface area contributed by atoms with E-state index in [4.69, 9.17) is 10.00 Å². The summed E-state index contributed by atoms with van der Waals surface area (Å²) in [5, 5.41) is 17.3. The van der Waals surface area contributed by atoms with Gasteiger partial charge in [0.1, 0.15) is 0 Å². The summed E-state index contributed by atoms with van der Waals surface area (Å²) < 4.78 is 5.38. The maximum absolute atomic E-state index is 8.67. The first-order valence-electron chi connectivity index (χ1n) is 7.15. The van der Waals surface area contributed by atoms with Crippen molar-refractivity contribution >= 4 is 5.96 Å². The molecule has 0 aliphatic rings. The van der Waals surface area contributed by atoms with E-state index in [1.54, 1.807) is 0 Å². The highest BCUT2D eigenvalue weighted by molar-refractivity contribution is 5.81. The van der Waals surface area contributed by atoms with E-state index in [9.17, 15) is 0 Å². The molecule has 0 aromatic carbocycles. The number of hydrogen-bond acceptors (Lipinski definition) is 4. The molecule has 6 heteroatoms. The van der Waals surface area contributed by atoms with E-state index in [1.807, 2.05) is 13.2 Å². The Morgan fingerprint density at radius 3 is 2.55 bits per heavy atom. The van der Waals surface area contributed by atoms with Crippen LogP contribution in [0.25, 0.3) is 0 Å². The number of ether oxygens (including phenoxy) is 1. The second kappa shape index (κ2) is 11.5. The van der Waals surface area contributed by atoms with Crippen LogP contribution in [0.5, 0.6) is 0 Å². The predicted molar refractivity (Wildman–Crippen MR) is 82.5 cm³/mol. The summed E-state index contributed by atoms with van der Waals surface area (Å²) in [6, 6.07) is 0. The lowest BCUT2D eigenvalue weighted by Gasteiger charge is -2.16. The Kier molecular flexibility index (Phi) is 10.7. The molecule has 0 aliphatic carbocycles. The van der Waals surface area contributed by atoms with Gasteiger partial charge in [-0.15, -0.1) is 0 Å². The number of aliphatic imine (C=N–C) groups is 1. The minimum Gasteiger partial charge on any atom is -0.378 e. The van der Waals surface area contributed by atoms with Gasteiger partial charge >= 0.3 is 0 Å². The molecule has 0 bridgehead atoms. The molecule has 0 saturated heterocycles. The molecular formula is C14H29N5O. The van der Waals surface area contributed by atoms with Crippen molar-refractivity contribution in [3.8, 4) is 6.19 Å². The monoisotopic (exact) mass is 283 g/mol. The highest BCUT2D eigenvalue weighted by atomic mass is 16.5. The number of nitrogens with one attached hydrogen (secondary N) is 3. The van der Waals surface area contributed by atoms with Crippen LogP contribution in [-0.4, -0.2) is 45.9 Å². The Balaban J connectivity index is 3.82. The Morgan fingerprint density at radius 1 is 1.25 bits per heavy atom. The zero-order valence-electron chi connectivity index (χ0n) is 13.3. The average molecular weight is 283 g/mol. The molecule has 0 aromatic heterocycles. The third-order valence-electron chi connectivity index (χ3n) is 2.56. The van der Waals surface area contributed by atoms with Crippen molar-refractivity contribution in [1.29, 1.82) is 5.26 Å². The summed E-state index contributed by atoms with van der Waals surface area (Å²) >= 11 is 0. The van der Waals surface area contributed by atoms with Gasteiger partial charge in [-0.2, -0.15) is 5.26 Å². The standard InChI is InChI=1S/C14H29N5O/c1-14(2,3)6-5-7-17-13(19-12-15)18-9-11-20-10-8-16-4/h16H,5-11H2,1-4H3,(H2,17,18,19). The van der Waals surface area contributed by atoms with Gasteiger partial charge in [-0.3, -0.25) is 10.3 Å². The molecule has 116 valence electrons. The first-order chi connectivity index (χ1) is 9.49. The van der Waals surface area contributed by atoms with Gasteiger partial charge in [-0.1, -0.05) is 20.8 Å². The minimum atomic E-state index is 0.326. The van der Waals surface area contributed by atoms with E-state index >= 15 is 0 Å². The molecule has 0 radical (unpaired) electrons. The van der Waals surface area contributed by atoms with Gasteiger partial charge in [0.2, 0.25) is 5.96 Å². The van der Waals surface area contributed by atoms with Gasteiger partial charge < -0.3 is 15.4 Å². The van der Waals surface area contributed by atoms with Crippen LogP contribution in [-0.2, 0) is 4.74 Å². The summed E-state index contributed by atoms with van der Waals surface area (Å²) in [7, 11) is 1.89. The molecule has 0 unspecified atom stereocenters. The molecule has 20 heavy (non-hydrogen) atoms. The van der Waals surface area contributed by atoms with Crippen LogP contribution >= 0.6 is 0 Å². The van der Waals surface area contributed by atoms with Gasteiger partial charge in [0.25, 0.3) is 0 Å². The molecule has 0 atom stereocenters. The van der Waals surface area contributed by atoms with E-state index in [2.05, 4.69) is 41.7 Å². The lowest BCUT2D eigenvalue weighted by molar-refractivity contribution is 0.142. The van der Waals surface area contributed by atoms with E-state index < -0.39 is 0 Å². The second-order valence-corrected chi connectivity index (χ2v) is 5.77. The van der Waals surface area contributed by atoms with Crippen molar-refractivity contribution in [3.63, 3.8) is 0 Å². The van der Waals surface area contributed by atoms with Crippen LogP contribution in [0.2, 0.25) is 0 Å². The topological polar surface area (TPSA) is 81.5 Å². The number of nitrogens with zero attached hydrogens (tertiary/aromatic N) is 2. The Labute approximate surface area is 123 Å². The fourth-order valence-electron chi connectivity index (χ4n) is 1.51. The Morgan fingerprint density at radius 2 is 1.95 bits per heavy atom. The van der Waals surface area contributed by atoms with E-state index in [-0.39, 0.29) is 0 Å². The van der Waals surface area contributed by atoms with Gasteiger partial charge in [-0.25, -0.2) is 0 Å². The first-order valence-corrected chi connectivity index (χ1v) is 7.15. The van der Waals surface area contributed by atoms with Crippen molar-refractivity contribution in [3.05, 3.63) is 0 Å². The number of rotatable bonds is 9. The Hall–Kier alpha value is -1.32. The van der Waals surface area contributed by atoms with Gasteiger partial charge in [-0.05, 0) is 25.3 Å². The van der Waals surface area contributed by atoms with Crippen LogP contribution < -0.4 is 16.0 Å². The fraction of sp³-hybridized carbons (Fsp3) is 0.857. The lowest BCUT2D eigenvalue weighted by Crippen LogP contribution is -2.37. The van der Waals surface area contributed by atoms with Crippen molar-refractivity contribution in [1.82, 2.24) is 16.0 Å². The summed E-state index contributed by atoms with van der Waals surface area (Å²) in [5.41, 5.74) is 0.326. The molecule has 0 aliphatic heterocycles. The molecule has 0 rings (SSSR count). The molecule has 0 aromatic rings. The molecular weight excluding hydrogens is 254 g/mol. The van der Waals surface area contributed by atoms with E-state index in [1.165, 1.54) is 0 Å². The van der Waals surface area contributed by atoms with Gasteiger partial charge in [0.05, 0.1) is 13.2 Å². The maximum Gasteiger partial charge on any atom is 0.204 e. The van der Waals surface area contributed by atoms with Crippen LogP contribution in [0.15, 0.2) is 4.99 Å². The van der Waals surface area contributed by atoms with Crippen molar-refractivity contribution in [2.24, 2.45) is 10.4 Å². The molecule has 0 heterocycles. The zero-order valence-corrected chi connectivity index (χ0v) is 13.3. The molecule has 6 nitrogen and oxygen atoms in total. The first kappa shape index (κ1) is 18.7. The SMILES string of the molecule is CNCCOCCNC(=NCCCC(C)(C)C)NC#N. The summed E-state index contributed by atoms with van der Waals surface area (Å²) in [5.74, 6) is 0.527. The summed E-state index contributed by atoms with van der Waals surface area (Å²) in [6.07, 6.45) is 4.02. The van der Waals surface area contributed by atoms with Gasteiger partial charge in [0.15, 0.2) is 6.19 Å². The van der Waals surface area contributed by atoms with Crippen LogP contribution in [0.4, 0.5) is 0 Å². The van der Waals surface area contributed by atoms with Crippen molar-refractivity contribution < 1.29 is 4.74 Å². The Bertz CT molecular complexity index is 304. The van der Waals surface area contributed by atoms with Crippen molar-refractivity contribution in [2.45, 2.75) is 33.6 Å². The lowest BCUT2D eigenvalue weighted by atomic mass is 9.91. The van der Waals surface area contributed by atoms with Crippen molar-refractivity contribution in [2.75, 3.05) is 39.9 Å².